The topological polar surface area (TPSA) is 84.3 Å². The van der Waals surface area contributed by atoms with Crippen LogP contribution in [0.4, 0.5) is 11.4 Å². The maximum absolute atomic E-state index is 11.7. The highest BCUT2D eigenvalue weighted by Gasteiger charge is 2.17. The molecule has 0 aliphatic rings. The van der Waals surface area contributed by atoms with E-state index in [4.69, 9.17) is 6.42 Å². The molecule has 1 atom stereocenters. The van der Waals surface area contributed by atoms with Crippen molar-refractivity contribution in [2.45, 2.75) is 19.9 Å². The summed E-state index contributed by atoms with van der Waals surface area (Å²) in [6, 6.07) is 3.75. The number of benzene rings is 1. The Labute approximate surface area is 111 Å². The minimum absolute atomic E-state index is 0.116. The Morgan fingerprint density at radius 2 is 2.26 bits per heavy atom. The molecular formula is C13H15N3O3. The van der Waals surface area contributed by atoms with Gasteiger partial charge in [0.2, 0.25) is 0 Å². The van der Waals surface area contributed by atoms with Crippen molar-refractivity contribution in [1.29, 1.82) is 0 Å². The van der Waals surface area contributed by atoms with Crippen LogP contribution in [-0.2, 0) is 0 Å². The third kappa shape index (κ3) is 3.71. The van der Waals surface area contributed by atoms with Gasteiger partial charge in [0.25, 0.3) is 11.6 Å². The molecule has 0 aliphatic carbocycles. The summed E-state index contributed by atoms with van der Waals surface area (Å²) in [6.45, 7) is 3.98. The number of nitro benzene ring substituents is 1. The highest BCUT2D eigenvalue weighted by molar-refractivity contribution is 5.95. The van der Waals surface area contributed by atoms with E-state index in [2.05, 4.69) is 16.6 Å². The Balaban J connectivity index is 3.15. The predicted molar refractivity (Wildman–Crippen MR) is 73.0 cm³/mol. The minimum atomic E-state index is -0.521. The van der Waals surface area contributed by atoms with Crippen LogP contribution < -0.4 is 10.6 Å². The molecule has 0 fully saturated rings. The normalized spacial score (nSPS) is 11.2. The Morgan fingerprint density at radius 3 is 2.79 bits per heavy atom. The number of nitrogens with zero attached hydrogens (tertiary/aromatic N) is 1. The predicted octanol–water partition coefficient (Wildman–Crippen LogP) is 1.78. The molecule has 1 aromatic rings. The molecule has 1 amide bonds. The lowest BCUT2D eigenvalue weighted by Crippen LogP contribution is -2.23. The Kier molecular flexibility index (Phi) is 4.89. The van der Waals surface area contributed by atoms with Crippen molar-refractivity contribution >= 4 is 17.3 Å². The number of rotatable bonds is 5. The van der Waals surface area contributed by atoms with Crippen molar-refractivity contribution < 1.29 is 9.72 Å². The fourth-order valence-electron chi connectivity index (χ4n) is 1.49. The summed E-state index contributed by atoms with van der Waals surface area (Å²) in [7, 11) is 0. The van der Waals surface area contributed by atoms with Gasteiger partial charge in [-0.15, -0.1) is 6.42 Å². The molecule has 1 rings (SSSR count). The van der Waals surface area contributed by atoms with Crippen LogP contribution in [0.25, 0.3) is 0 Å². The van der Waals surface area contributed by atoms with Gasteiger partial charge in [-0.2, -0.15) is 0 Å². The van der Waals surface area contributed by atoms with Gasteiger partial charge in [-0.05, 0) is 26.0 Å². The van der Waals surface area contributed by atoms with Crippen LogP contribution in [0.15, 0.2) is 18.2 Å². The first-order chi connectivity index (χ1) is 8.99. The Morgan fingerprint density at radius 1 is 1.58 bits per heavy atom. The molecule has 19 heavy (non-hydrogen) atoms. The first kappa shape index (κ1) is 14.5. The molecule has 1 aromatic carbocycles. The number of anilines is 1. The summed E-state index contributed by atoms with van der Waals surface area (Å²) >= 11 is 0. The second-order valence-electron chi connectivity index (χ2n) is 3.88. The number of carbonyl (C=O) groups excluding carboxylic acids is 1. The number of amides is 1. The van der Waals surface area contributed by atoms with Gasteiger partial charge in [0.05, 0.1) is 11.0 Å². The molecule has 0 aromatic heterocycles. The smallest absolute Gasteiger partial charge is 0.292 e. The van der Waals surface area contributed by atoms with Crippen molar-refractivity contribution in [3.8, 4) is 12.3 Å². The lowest BCUT2D eigenvalue weighted by atomic mass is 10.1. The van der Waals surface area contributed by atoms with Crippen LogP contribution in [0.2, 0.25) is 0 Å². The number of terminal acetylenes is 1. The first-order valence-corrected chi connectivity index (χ1v) is 5.78. The molecule has 0 saturated carbocycles. The molecule has 0 heterocycles. The molecule has 1 unspecified atom stereocenters. The second kappa shape index (κ2) is 6.40. The number of hydrogen-bond acceptors (Lipinski definition) is 4. The molecule has 0 radical (unpaired) electrons. The summed E-state index contributed by atoms with van der Waals surface area (Å²) in [5, 5.41) is 16.4. The van der Waals surface area contributed by atoms with Gasteiger partial charge in [0.1, 0.15) is 5.69 Å². The van der Waals surface area contributed by atoms with E-state index >= 15 is 0 Å². The lowest BCUT2D eigenvalue weighted by molar-refractivity contribution is -0.384. The zero-order valence-electron chi connectivity index (χ0n) is 10.8. The van der Waals surface area contributed by atoms with E-state index in [-0.39, 0.29) is 23.3 Å². The SMILES string of the molecule is C#CC(C)Nc1cc(C(=O)NCC)ccc1[N+](=O)[O-]. The van der Waals surface area contributed by atoms with E-state index in [1.54, 1.807) is 13.8 Å². The average Bonchev–Trinajstić information content (AvgIpc) is 2.38. The van der Waals surface area contributed by atoms with Gasteiger partial charge in [-0.1, -0.05) is 5.92 Å². The van der Waals surface area contributed by atoms with E-state index in [1.165, 1.54) is 18.2 Å². The van der Waals surface area contributed by atoms with E-state index in [0.29, 0.717) is 12.1 Å². The number of nitrogens with one attached hydrogen (secondary N) is 2. The van der Waals surface area contributed by atoms with E-state index in [0.717, 1.165) is 0 Å². The standard InChI is InChI=1S/C13H15N3O3/c1-4-9(3)15-11-8-10(13(17)14-5-2)6-7-12(11)16(18)19/h1,6-9,15H,5H2,2-3H3,(H,14,17). The second-order valence-corrected chi connectivity index (χ2v) is 3.88. The van der Waals surface area contributed by atoms with Gasteiger partial charge in [0.15, 0.2) is 0 Å². The molecular weight excluding hydrogens is 246 g/mol. The molecule has 0 spiro atoms. The summed E-state index contributed by atoms with van der Waals surface area (Å²) in [5.74, 6) is 2.14. The molecule has 6 nitrogen and oxygen atoms in total. The zero-order valence-corrected chi connectivity index (χ0v) is 10.8. The summed E-state index contributed by atoms with van der Waals surface area (Å²) in [4.78, 5) is 22.1. The fourth-order valence-corrected chi connectivity index (χ4v) is 1.49. The minimum Gasteiger partial charge on any atom is -0.366 e. The van der Waals surface area contributed by atoms with Gasteiger partial charge >= 0.3 is 0 Å². The number of nitro groups is 1. The molecule has 0 saturated heterocycles. The van der Waals surface area contributed by atoms with Crippen LogP contribution in [-0.4, -0.2) is 23.4 Å². The largest absolute Gasteiger partial charge is 0.366 e. The van der Waals surface area contributed by atoms with Gasteiger partial charge in [-0.25, -0.2) is 0 Å². The lowest BCUT2D eigenvalue weighted by Gasteiger charge is -2.11. The quantitative estimate of drug-likeness (QED) is 0.480. The maximum atomic E-state index is 11.7. The van der Waals surface area contributed by atoms with Gasteiger partial charge < -0.3 is 10.6 Å². The van der Waals surface area contributed by atoms with Crippen LogP contribution in [0, 0.1) is 22.5 Å². The summed E-state index contributed by atoms with van der Waals surface area (Å²) in [6.07, 6.45) is 5.23. The Hall–Kier alpha value is -2.55. The fraction of sp³-hybridized carbons (Fsp3) is 0.308. The highest BCUT2D eigenvalue weighted by atomic mass is 16.6. The van der Waals surface area contributed by atoms with Crippen LogP contribution >= 0.6 is 0 Å². The van der Waals surface area contributed by atoms with Crippen LogP contribution in [0.3, 0.4) is 0 Å². The zero-order chi connectivity index (χ0) is 14.4. The molecule has 2 N–H and O–H groups in total. The van der Waals surface area contributed by atoms with Crippen molar-refractivity contribution in [3.05, 3.63) is 33.9 Å². The summed E-state index contributed by atoms with van der Waals surface area (Å²) in [5.41, 5.74) is 0.466. The monoisotopic (exact) mass is 261 g/mol. The average molecular weight is 261 g/mol. The molecule has 0 bridgehead atoms. The summed E-state index contributed by atoms with van der Waals surface area (Å²) < 4.78 is 0. The number of carbonyl (C=O) groups is 1. The maximum Gasteiger partial charge on any atom is 0.292 e. The van der Waals surface area contributed by atoms with E-state index in [1.807, 2.05) is 0 Å². The third-order valence-electron chi connectivity index (χ3n) is 2.41. The van der Waals surface area contributed by atoms with Crippen molar-refractivity contribution in [2.75, 3.05) is 11.9 Å². The number of hydrogen-bond donors (Lipinski definition) is 2. The van der Waals surface area contributed by atoms with Gasteiger partial charge in [0, 0.05) is 18.2 Å². The van der Waals surface area contributed by atoms with Gasteiger partial charge in [-0.3, -0.25) is 14.9 Å². The Bertz CT molecular complexity index is 534. The molecule has 100 valence electrons. The van der Waals surface area contributed by atoms with Crippen molar-refractivity contribution in [3.63, 3.8) is 0 Å². The van der Waals surface area contributed by atoms with Crippen LogP contribution in [0.1, 0.15) is 24.2 Å². The van der Waals surface area contributed by atoms with Crippen LogP contribution in [0.5, 0.6) is 0 Å². The van der Waals surface area contributed by atoms with Crippen molar-refractivity contribution in [1.82, 2.24) is 5.32 Å². The van der Waals surface area contributed by atoms with Crippen molar-refractivity contribution in [2.24, 2.45) is 0 Å². The van der Waals surface area contributed by atoms with E-state index < -0.39 is 4.92 Å². The highest BCUT2D eigenvalue weighted by Crippen LogP contribution is 2.26. The van der Waals surface area contributed by atoms with E-state index in [9.17, 15) is 14.9 Å². The molecule has 0 aliphatic heterocycles. The molecule has 6 heteroatoms. The first-order valence-electron chi connectivity index (χ1n) is 5.78. The third-order valence-corrected chi connectivity index (χ3v) is 2.41.